The zero-order valence-electron chi connectivity index (χ0n) is 44.8. The van der Waals surface area contributed by atoms with Gasteiger partial charge in [0.05, 0.1) is 27.6 Å². The summed E-state index contributed by atoms with van der Waals surface area (Å²) in [6.07, 6.45) is 0. The van der Waals surface area contributed by atoms with Crippen molar-refractivity contribution in [3.8, 4) is 66.8 Å². The molecule has 1 spiro atoms. The Morgan fingerprint density at radius 3 is 1.35 bits per heavy atom. The molecule has 1 unspecified atom stereocenters. The third kappa shape index (κ3) is 6.52. The quantitative estimate of drug-likeness (QED) is 0.151. The summed E-state index contributed by atoms with van der Waals surface area (Å²) < 4.78 is 6.93. The molecule has 2 heteroatoms. The number of hydrogen-bond acceptors (Lipinski definition) is 2. The Kier molecular flexibility index (Phi) is 10.2. The minimum Gasteiger partial charge on any atom is -0.456 e. The fourth-order valence-corrected chi connectivity index (χ4v) is 14.8. The van der Waals surface area contributed by atoms with Crippen LogP contribution in [0.3, 0.4) is 0 Å². The summed E-state index contributed by atoms with van der Waals surface area (Å²) >= 11 is 0. The van der Waals surface area contributed by atoms with Gasteiger partial charge in [0.25, 0.3) is 0 Å². The maximum Gasteiger partial charge on any atom is 0.137 e. The second-order valence-electron chi connectivity index (χ2n) is 22.2. The number of anilines is 3. The summed E-state index contributed by atoms with van der Waals surface area (Å²) in [6, 6.07) is 115. The summed E-state index contributed by atoms with van der Waals surface area (Å²) in [5, 5.41) is 2.13. The Morgan fingerprint density at radius 2 is 0.707 bits per heavy atom. The van der Waals surface area contributed by atoms with Crippen LogP contribution >= 0.6 is 0 Å². The van der Waals surface area contributed by atoms with Gasteiger partial charge in [-0.2, -0.15) is 0 Å². The Morgan fingerprint density at radius 1 is 0.256 bits per heavy atom. The molecule has 0 amide bonds. The van der Waals surface area contributed by atoms with Crippen LogP contribution in [0.2, 0.25) is 0 Å². The van der Waals surface area contributed by atoms with Crippen molar-refractivity contribution >= 4 is 39.0 Å². The summed E-state index contributed by atoms with van der Waals surface area (Å²) in [5.41, 5.74) is 28.3. The predicted molar refractivity (Wildman–Crippen MR) is 338 cm³/mol. The van der Waals surface area contributed by atoms with Crippen LogP contribution in [0.5, 0.6) is 0 Å². The van der Waals surface area contributed by atoms with E-state index in [0.717, 1.165) is 50.1 Å². The highest BCUT2D eigenvalue weighted by Gasteiger charge is 2.53. The topological polar surface area (TPSA) is 16.4 Å². The molecule has 3 aliphatic carbocycles. The van der Waals surface area contributed by atoms with E-state index in [1.54, 1.807) is 0 Å². The molecule has 14 aromatic rings. The van der Waals surface area contributed by atoms with Crippen molar-refractivity contribution in [2.75, 3.05) is 4.90 Å². The van der Waals surface area contributed by atoms with Gasteiger partial charge in [-0.3, -0.25) is 0 Å². The fraction of sp³-hybridized carbons (Fsp3) is 0.0250. The third-order valence-corrected chi connectivity index (χ3v) is 18.2. The van der Waals surface area contributed by atoms with Crippen LogP contribution in [-0.2, 0) is 10.8 Å². The van der Waals surface area contributed by atoms with Crippen LogP contribution in [0.15, 0.2) is 314 Å². The standard InChI is InChI=1S/C80H51NO/c1-4-22-52(23-5-1)55-28-18-29-58(48-55)79(67-36-14-10-32-61(67)62-33-11-15-37-68(62)79)59-30-19-31-60(51-59)81(74-42-21-43-76-78(74)66-49-56(45-47-75(66)82-76)53-24-6-2-7-25-53)73-41-20-40-71-77(73)65-35-13-17-39-70(65)80(71)69-38-16-12-34-63(69)64-46-44-57(50-72(64)80)54-26-8-3-9-27-54/h1-51H. The van der Waals surface area contributed by atoms with E-state index in [1.165, 1.54) is 100 Å². The summed E-state index contributed by atoms with van der Waals surface area (Å²) in [5.74, 6) is 0. The van der Waals surface area contributed by atoms with E-state index in [-0.39, 0.29) is 0 Å². The first-order valence-electron chi connectivity index (χ1n) is 28.5. The summed E-state index contributed by atoms with van der Waals surface area (Å²) in [7, 11) is 0. The van der Waals surface area contributed by atoms with Crippen LogP contribution < -0.4 is 4.90 Å². The molecule has 1 aromatic heterocycles. The van der Waals surface area contributed by atoms with Crippen molar-refractivity contribution in [2.24, 2.45) is 0 Å². The molecule has 1 atom stereocenters. The molecule has 2 nitrogen and oxygen atoms in total. The highest BCUT2D eigenvalue weighted by atomic mass is 16.3. The number of rotatable bonds is 8. The number of furan rings is 1. The van der Waals surface area contributed by atoms with E-state index < -0.39 is 10.8 Å². The average Bonchev–Trinajstić information content (AvgIpc) is 1.93. The van der Waals surface area contributed by atoms with Gasteiger partial charge in [-0.15, -0.1) is 0 Å². The first kappa shape index (κ1) is 46.4. The van der Waals surface area contributed by atoms with Crippen molar-refractivity contribution in [2.45, 2.75) is 10.8 Å². The van der Waals surface area contributed by atoms with Crippen molar-refractivity contribution in [1.29, 1.82) is 0 Å². The number of fused-ring (bicyclic) bond motifs is 16. The van der Waals surface area contributed by atoms with Crippen molar-refractivity contribution < 1.29 is 4.42 Å². The van der Waals surface area contributed by atoms with E-state index in [2.05, 4.69) is 314 Å². The Labute approximate surface area is 477 Å². The first-order valence-corrected chi connectivity index (χ1v) is 28.5. The van der Waals surface area contributed by atoms with Crippen LogP contribution in [-0.4, -0.2) is 0 Å². The average molecular weight is 1040 g/mol. The fourth-order valence-electron chi connectivity index (χ4n) is 14.8. The lowest BCUT2D eigenvalue weighted by atomic mass is 9.67. The van der Waals surface area contributed by atoms with Crippen LogP contribution in [0.4, 0.5) is 17.1 Å². The van der Waals surface area contributed by atoms with E-state index in [4.69, 9.17) is 4.42 Å². The number of benzene rings is 13. The van der Waals surface area contributed by atoms with Gasteiger partial charge in [0.2, 0.25) is 0 Å². The number of hydrogen-bond donors (Lipinski definition) is 0. The van der Waals surface area contributed by atoms with Gasteiger partial charge in [0, 0.05) is 16.6 Å². The van der Waals surface area contributed by atoms with Crippen molar-refractivity contribution in [3.63, 3.8) is 0 Å². The molecule has 0 aliphatic heterocycles. The molecule has 82 heavy (non-hydrogen) atoms. The molecule has 0 saturated carbocycles. The molecular formula is C80H51NO. The van der Waals surface area contributed by atoms with Gasteiger partial charge in [-0.1, -0.05) is 255 Å². The molecule has 0 saturated heterocycles. The highest BCUT2D eigenvalue weighted by molar-refractivity contribution is 6.15. The van der Waals surface area contributed by atoms with Gasteiger partial charge in [0.1, 0.15) is 11.2 Å². The van der Waals surface area contributed by atoms with Gasteiger partial charge in [-0.25, -0.2) is 0 Å². The molecule has 0 fully saturated rings. The van der Waals surface area contributed by atoms with Crippen LogP contribution in [0.25, 0.3) is 88.7 Å². The van der Waals surface area contributed by atoms with Crippen molar-refractivity contribution in [3.05, 3.63) is 354 Å². The molecule has 0 N–H and O–H groups in total. The molecule has 17 rings (SSSR count). The van der Waals surface area contributed by atoms with Gasteiger partial charge < -0.3 is 9.32 Å². The summed E-state index contributed by atoms with van der Waals surface area (Å²) in [4.78, 5) is 2.56. The third-order valence-electron chi connectivity index (χ3n) is 18.2. The maximum absolute atomic E-state index is 6.93. The Hall–Kier alpha value is -10.5. The molecule has 382 valence electrons. The second-order valence-corrected chi connectivity index (χ2v) is 22.2. The van der Waals surface area contributed by atoms with Gasteiger partial charge in [-0.05, 0) is 160 Å². The SMILES string of the molecule is c1ccc(-c2cccc(C3(c4cccc(N(c5cccc6c5-c5ccccc5C65c6ccccc6-c6ccc(-c7ccccc7)cc65)c5cccc6oc7ccc(-c8ccccc8)cc7c56)c4)c4ccccc4-c4ccccc43)c2)cc1. The van der Waals surface area contributed by atoms with Crippen molar-refractivity contribution in [1.82, 2.24) is 0 Å². The van der Waals surface area contributed by atoms with E-state index in [0.29, 0.717) is 0 Å². The molecular weight excluding hydrogens is 991 g/mol. The van der Waals surface area contributed by atoms with E-state index >= 15 is 0 Å². The second kappa shape index (κ2) is 18.0. The van der Waals surface area contributed by atoms with Gasteiger partial charge >= 0.3 is 0 Å². The lowest BCUT2D eigenvalue weighted by Crippen LogP contribution is -2.29. The first-order chi connectivity index (χ1) is 40.7. The van der Waals surface area contributed by atoms with Crippen LogP contribution in [0, 0.1) is 0 Å². The van der Waals surface area contributed by atoms with Gasteiger partial charge in [0.15, 0.2) is 0 Å². The number of nitrogens with zero attached hydrogens (tertiary/aromatic N) is 1. The maximum atomic E-state index is 6.93. The smallest absolute Gasteiger partial charge is 0.137 e. The Balaban J connectivity index is 0.970. The molecule has 13 aromatic carbocycles. The van der Waals surface area contributed by atoms with E-state index in [9.17, 15) is 0 Å². The Bertz CT molecular complexity index is 4830. The minimum atomic E-state index is -0.679. The predicted octanol–water partition coefficient (Wildman–Crippen LogP) is 20.8. The normalized spacial score (nSPS) is 14.7. The minimum absolute atomic E-state index is 0.601. The highest BCUT2D eigenvalue weighted by Crippen LogP contribution is 2.66. The largest absolute Gasteiger partial charge is 0.456 e. The zero-order valence-corrected chi connectivity index (χ0v) is 44.8. The van der Waals surface area contributed by atoms with Crippen LogP contribution in [0.1, 0.15) is 44.5 Å². The zero-order chi connectivity index (χ0) is 53.9. The molecule has 0 radical (unpaired) electrons. The summed E-state index contributed by atoms with van der Waals surface area (Å²) in [6.45, 7) is 0. The monoisotopic (exact) mass is 1040 g/mol. The molecule has 1 heterocycles. The van der Waals surface area contributed by atoms with E-state index in [1.807, 2.05) is 0 Å². The molecule has 3 aliphatic rings. The lowest BCUT2D eigenvalue weighted by Gasteiger charge is -2.36. The molecule has 0 bridgehead atoms. The lowest BCUT2D eigenvalue weighted by molar-refractivity contribution is 0.669.